The van der Waals surface area contributed by atoms with Gasteiger partial charge in [-0.1, -0.05) is 6.08 Å². The van der Waals surface area contributed by atoms with Crippen molar-refractivity contribution in [1.82, 2.24) is 5.32 Å². The number of nitrogens with one attached hydrogen (secondary N) is 1. The number of allylic oxidation sites excluding steroid dienone is 1. The lowest BCUT2D eigenvalue weighted by atomic mass is 10.2. The van der Waals surface area contributed by atoms with E-state index in [0.717, 1.165) is 37.5 Å². The normalized spacial score (nSPS) is 14.9. The Morgan fingerprint density at radius 1 is 1.56 bits per heavy atom. The number of hydrogen-bond acceptors (Lipinski definition) is 3. The Hall–Kier alpha value is -1.06. The van der Waals surface area contributed by atoms with Gasteiger partial charge in [-0.2, -0.15) is 0 Å². The van der Waals surface area contributed by atoms with Gasteiger partial charge < -0.3 is 14.5 Å². The van der Waals surface area contributed by atoms with Crippen LogP contribution in [0.4, 0.5) is 0 Å². The van der Waals surface area contributed by atoms with Crippen LogP contribution in [0.15, 0.2) is 23.1 Å². The largest absolute Gasteiger partial charge is 0.465 e. The van der Waals surface area contributed by atoms with Gasteiger partial charge in [0.2, 0.25) is 0 Å². The highest BCUT2D eigenvalue weighted by molar-refractivity contribution is 5.20. The molecule has 1 fully saturated rings. The summed E-state index contributed by atoms with van der Waals surface area (Å²) in [6.07, 6.45) is 6.59. The standard InChI is InChI=1S/C15H23NO2/c1-3-4-5-8-17-11-13-9-15(18-12(13)2)10-16-14-6-7-14/h3,9,14,16H,1,4-8,10-11H2,2H3. The molecule has 0 amide bonds. The van der Waals surface area contributed by atoms with Crippen LogP contribution in [0.1, 0.15) is 42.8 Å². The van der Waals surface area contributed by atoms with Crippen LogP contribution < -0.4 is 5.32 Å². The van der Waals surface area contributed by atoms with E-state index < -0.39 is 0 Å². The van der Waals surface area contributed by atoms with Gasteiger partial charge in [0.05, 0.1) is 13.2 Å². The van der Waals surface area contributed by atoms with Crippen molar-refractivity contribution in [3.8, 4) is 0 Å². The average Bonchev–Trinajstić information content (AvgIpc) is 3.12. The van der Waals surface area contributed by atoms with Crippen LogP contribution in [0, 0.1) is 6.92 Å². The molecule has 1 aromatic heterocycles. The highest BCUT2D eigenvalue weighted by atomic mass is 16.5. The van der Waals surface area contributed by atoms with Gasteiger partial charge in [-0.25, -0.2) is 0 Å². The van der Waals surface area contributed by atoms with Gasteiger partial charge in [0.1, 0.15) is 11.5 Å². The molecule has 3 nitrogen and oxygen atoms in total. The first kappa shape index (κ1) is 13.4. The monoisotopic (exact) mass is 249 g/mol. The number of aryl methyl sites for hydroxylation is 1. The van der Waals surface area contributed by atoms with E-state index >= 15 is 0 Å². The molecule has 2 rings (SSSR count). The van der Waals surface area contributed by atoms with Crippen molar-refractivity contribution in [2.45, 2.75) is 51.8 Å². The van der Waals surface area contributed by atoms with Crippen molar-refractivity contribution < 1.29 is 9.15 Å². The molecule has 0 aromatic carbocycles. The predicted molar refractivity (Wildman–Crippen MR) is 72.4 cm³/mol. The fourth-order valence-corrected chi connectivity index (χ4v) is 1.86. The molecule has 18 heavy (non-hydrogen) atoms. The highest BCUT2D eigenvalue weighted by Crippen LogP contribution is 2.21. The van der Waals surface area contributed by atoms with Crippen LogP contribution in [-0.2, 0) is 17.9 Å². The number of hydrogen-bond donors (Lipinski definition) is 1. The summed E-state index contributed by atoms with van der Waals surface area (Å²) in [4.78, 5) is 0. The van der Waals surface area contributed by atoms with Gasteiger partial charge in [0.25, 0.3) is 0 Å². The molecule has 1 aromatic rings. The Labute approximate surface area is 109 Å². The summed E-state index contributed by atoms with van der Waals surface area (Å²) in [6.45, 7) is 7.97. The van der Waals surface area contributed by atoms with E-state index in [1.54, 1.807) is 0 Å². The maximum Gasteiger partial charge on any atom is 0.118 e. The number of unbranched alkanes of at least 4 members (excludes halogenated alkanes) is 1. The van der Waals surface area contributed by atoms with E-state index in [0.29, 0.717) is 12.6 Å². The van der Waals surface area contributed by atoms with E-state index in [2.05, 4.69) is 18.0 Å². The van der Waals surface area contributed by atoms with Crippen molar-refractivity contribution >= 4 is 0 Å². The molecule has 0 atom stereocenters. The molecule has 1 aliphatic carbocycles. The van der Waals surface area contributed by atoms with E-state index in [1.165, 1.54) is 18.4 Å². The van der Waals surface area contributed by atoms with Crippen LogP contribution >= 0.6 is 0 Å². The Morgan fingerprint density at radius 3 is 3.11 bits per heavy atom. The SMILES string of the molecule is C=CCCCOCc1cc(CNC2CC2)oc1C. The molecular formula is C15H23NO2. The second-order valence-electron chi connectivity index (χ2n) is 4.93. The summed E-state index contributed by atoms with van der Waals surface area (Å²) in [5, 5.41) is 3.45. The molecule has 0 unspecified atom stereocenters. The number of rotatable bonds is 9. The Morgan fingerprint density at radius 2 is 2.39 bits per heavy atom. The summed E-state index contributed by atoms with van der Waals surface area (Å²) in [5.41, 5.74) is 1.17. The first-order valence-electron chi connectivity index (χ1n) is 6.80. The maximum absolute atomic E-state index is 5.71. The predicted octanol–water partition coefficient (Wildman–Crippen LogP) is 3.32. The molecule has 1 heterocycles. The number of furan rings is 1. The lowest BCUT2D eigenvalue weighted by Gasteiger charge is -2.01. The maximum atomic E-state index is 5.71. The van der Waals surface area contributed by atoms with E-state index in [1.807, 2.05) is 13.0 Å². The van der Waals surface area contributed by atoms with E-state index in [9.17, 15) is 0 Å². The third-order valence-electron chi connectivity index (χ3n) is 3.17. The molecule has 100 valence electrons. The fourth-order valence-electron chi connectivity index (χ4n) is 1.86. The average molecular weight is 249 g/mol. The zero-order chi connectivity index (χ0) is 12.8. The molecule has 0 radical (unpaired) electrons. The molecule has 1 aliphatic rings. The Balaban J connectivity index is 1.71. The summed E-state index contributed by atoms with van der Waals surface area (Å²) in [5.74, 6) is 2.00. The van der Waals surface area contributed by atoms with E-state index in [-0.39, 0.29) is 0 Å². The molecule has 1 saturated carbocycles. The summed E-state index contributed by atoms with van der Waals surface area (Å²) >= 11 is 0. The van der Waals surface area contributed by atoms with Gasteiger partial charge in [-0.05, 0) is 38.7 Å². The van der Waals surface area contributed by atoms with Crippen LogP contribution in [0.2, 0.25) is 0 Å². The Bertz CT molecular complexity index is 380. The van der Waals surface area contributed by atoms with Gasteiger partial charge in [0.15, 0.2) is 0 Å². The molecule has 0 aliphatic heterocycles. The molecule has 0 spiro atoms. The minimum atomic E-state index is 0.649. The molecule has 1 N–H and O–H groups in total. The quantitative estimate of drug-likeness (QED) is 0.538. The molecule has 3 heteroatoms. The molecular weight excluding hydrogens is 226 g/mol. The number of ether oxygens (including phenoxy) is 1. The third-order valence-corrected chi connectivity index (χ3v) is 3.17. The van der Waals surface area contributed by atoms with Gasteiger partial charge in [0, 0.05) is 18.2 Å². The lowest BCUT2D eigenvalue weighted by molar-refractivity contribution is 0.118. The summed E-state index contributed by atoms with van der Waals surface area (Å²) in [7, 11) is 0. The molecule has 0 bridgehead atoms. The summed E-state index contributed by atoms with van der Waals surface area (Å²) in [6, 6.07) is 2.83. The fraction of sp³-hybridized carbons (Fsp3) is 0.600. The van der Waals surface area contributed by atoms with Crippen LogP contribution in [0.3, 0.4) is 0 Å². The first-order chi connectivity index (χ1) is 8.79. The van der Waals surface area contributed by atoms with Gasteiger partial charge >= 0.3 is 0 Å². The second-order valence-corrected chi connectivity index (χ2v) is 4.93. The smallest absolute Gasteiger partial charge is 0.118 e. The topological polar surface area (TPSA) is 34.4 Å². The van der Waals surface area contributed by atoms with E-state index in [4.69, 9.17) is 9.15 Å². The minimum absolute atomic E-state index is 0.649. The van der Waals surface area contributed by atoms with Gasteiger partial charge in [-0.15, -0.1) is 6.58 Å². The van der Waals surface area contributed by atoms with Crippen molar-refractivity contribution in [2.24, 2.45) is 0 Å². The van der Waals surface area contributed by atoms with Crippen molar-refractivity contribution in [3.63, 3.8) is 0 Å². The zero-order valence-corrected chi connectivity index (χ0v) is 11.2. The second kappa shape index (κ2) is 6.76. The van der Waals surface area contributed by atoms with Crippen LogP contribution in [0.25, 0.3) is 0 Å². The minimum Gasteiger partial charge on any atom is -0.465 e. The third kappa shape index (κ3) is 4.31. The Kier molecular flexibility index (Phi) is 5.02. The lowest BCUT2D eigenvalue weighted by Crippen LogP contribution is -2.14. The van der Waals surface area contributed by atoms with Crippen molar-refractivity contribution in [2.75, 3.05) is 6.61 Å². The van der Waals surface area contributed by atoms with Crippen LogP contribution in [0.5, 0.6) is 0 Å². The van der Waals surface area contributed by atoms with Crippen molar-refractivity contribution in [1.29, 1.82) is 0 Å². The first-order valence-corrected chi connectivity index (χ1v) is 6.80. The van der Waals surface area contributed by atoms with Crippen LogP contribution in [-0.4, -0.2) is 12.6 Å². The molecule has 0 saturated heterocycles. The highest BCUT2D eigenvalue weighted by Gasteiger charge is 2.20. The zero-order valence-electron chi connectivity index (χ0n) is 11.2. The van der Waals surface area contributed by atoms with Gasteiger partial charge in [-0.3, -0.25) is 0 Å². The van der Waals surface area contributed by atoms with Crippen molar-refractivity contribution in [3.05, 3.63) is 35.8 Å². The summed E-state index contributed by atoms with van der Waals surface area (Å²) < 4.78 is 11.3.